The number of rotatable bonds is 3. The third-order valence-corrected chi connectivity index (χ3v) is 3.78. The Morgan fingerprint density at radius 2 is 1.88 bits per heavy atom. The van der Waals surface area contributed by atoms with Crippen LogP contribution in [0.5, 0.6) is 5.75 Å². The van der Waals surface area contributed by atoms with Crippen LogP contribution in [0.4, 0.5) is 5.82 Å². The van der Waals surface area contributed by atoms with Crippen LogP contribution < -0.4 is 10.5 Å². The van der Waals surface area contributed by atoms with E-state index in [0.717, 1.165) is 16.9 Å². The molecule has 6 nitrogen and oxygen atoms in total. The molecule has 0 amide bonds. The van der Waals surface area contributed by atoms with Crippen LogP contribution in [0.2, 0.25) is 0 Å². The number of ether oxygens (including phenoxy) is 1. The number of para-hydroxylation sites is 1. The maximum absolute atomic E-state index is 6.18. The van der Waals surface area contributed by atoms with Crippen molar-refractivity contribution in [2.45, 2.75) is 0 Å². The molecule has 0 saturated carbocycles. The van der Waals surface area contributed by atoms with Crippen LogP contribution >= 0.6 is 0 Å². The normalized spacial score (nSPS) is 10.9. The largest absolute Gasteiger partial charge is 0.496 e. The molecule has 0 fully saturated rings. The molecule has 0 bridgehead atoms. The maximum Gasteiger partial charge on any atom is 0.200 e. The number of hydrogen-bond acceptors (Lipinski definition) is 5. The predicted molar refractivity (Wildman–Crippen MR) is 92.6 cm³/mol. The third-order valence-electron chi connectivity index (χ3n) is 3.78. The fourth-order valence-corrected chi connectivity index (χ4v) is 2.65. The smallest absolute Gasteiger partial charge is 0.200 e. The number of hydrogen-bond donors (Lipinski definition) is 1. The van der Waals surface area contributed by atoms with Crippen molar-refractivity contribution in [2.75, 3.05) is 12.8 Å². The summed E-state index contributed by atoms with van der Waals surface area (Å²) in [5.74, 6) is 1.83. The van der Waals surface area contributed by atoms with Crippen LogP contribution in [0.3, 0.4) is 0 Å². The van der Waals surface area contributed by atoms with E-state index >= 15 is 0 Å². The average Bonchev–Trinajstić information content (AvgIpc) is 3.07. The van der Waals surface area contributed by atoms with Crippen LogP contribution in [0.1, 0.15) is 0 Å². The average molecular weight is 317 g/mol. The van der Waals surface area contributed by atoms with E-state index in [-0.39, 0.29) is 0 Å². The quantitative estimate of drug-likeness (QED) is 0.628. The lowest BCUT2D eigenvalue weighted by Gasteiger charge is -2.09. The molecule has 0 atom stereocenters. The molecule has 6 heteroatoms. The molecule has 0 saturated heterocycles. The van der Waals surface area contributed by atoms with E-state index in [2.05, 4.69) is 15.1 Å². The summed E-state index contributed by atoms with van der Waals surface area (Å²) in [6.07, 6.45) is 1.71. The minimum atomic E-state index is 0.503. The van der Waals surface area contributed by atoms with Crippen LogP contribution in [0, 0.1) is 0 Å². The second-order valence-corrected chi connectivity index (χ2v) is 5.29. The summed E-state index contributed by atoms with van der Waals surface area (Å²) in [5.41, 5.74) is 9.43. The summed E-state index contributed by atoms with van der Waals surface area (Å²) in [7, 11) is 1.65. The van der Waals surface area contributed by atoms with E-state index < -0.39 is 0 Å². The molecule has 0 aliphatic rings. The van der Waals surface area contributed by atoms with E-state index in [0.29, 0.717) is 23.0 Å². The summed E-state index contributed by atoms with van der Waals surface area (Å²) < 4.78 is 7.05. The molecule has 0 radical (unpaired) electrons. The molecule has 0 aliphatic heterocycles. The molecular weight excluding hydrogens is 302 g/mol. The molecule has 0 spiro atoms. The molecule has 4 rings (SSSR count). The van der Waals surface area contributed by atoms with Gasteiger partial charge in [0.1, 0.15) is 17.3 Å². The van der Waals surface area contributed by atoms with Crippen LogP contribution in [-0.4, -0.2) is 26.7 Å². The van der Waals surface area contributed by atoms with Crippen molar-refractivity contribution in [3.63, 3.8) is 0 Å². The monoisotopic (exact) mass is 317 g/mol. The van der Waals surface area contributed by atoms with Crippen LogP contribution in [0.15, 0.2) is 60.8 Å². The van der Waals surface area contributed by atoms with Crippen LogP contribution in [-0.2, 0) is 0 Å². The van der Waals surface area contributed by atoms with Crippen molar-refractivity contribution in [3.05, 3.63) is 60.8 Å². The first kappa shape index (κ1) is 14.2. The molecule has 118 valence electrons. The first-order chi connectivity index (χ1) is 11.8. The first-order valence-corrected chi connectivity index (χ1v) is 7.47. The number of fused-ring (bicyclic) bond motifs is 1. The number of aromatic nitrogens is 4. The number of methoxy groups -OCH3 is 1. The lowest BCUT2D eigenvalue weighted by atomic mass is 10.1. The summed E-state index contributed by atoms with van der Waals surface area (Å²) in [6.45, 7) is 0. The highest BCUT2D eigenvalue weighted by Crippen LogP contribution is 2.31. The molecule has 2 N–H and O–H groups in total. The lowest BCUT2D eigenvalue weighted by molar-refractivity contribution is 0.416. The highest BCUT2D eigenvalue weighted by molar-refractivity contribution is 5.76. The fourth-order valence-electron chi connectivity index (χ4n) is 2.65. The molecule has 3 aromatic heterocycles. The molecule has 0 aliphatic carbocycles. The van der Waals surface area contributed by atoms with E-state index in [9.17, 15) is 0 Å². The summed E-state index contributed by atoms with van der Waals surface area (Å²) in [5, 5.41) is 4.45. The van der Waals surface area contributed by atoms with Gasteiger partial charge in [0, 0.05) is 11.8 Å². The van der Waals surface area contributed by atoms with Gasteiger partial charge in [-0.2, -0.15) is 4.52 Å². The van der Waals surface area contributed by atoms with Crippen molar-refractivity contribution in [1.29, 1.82) is 0 Å². The second-order valence-electron chi connectivity index (χ2n) is 5.29. The van der Waals surface area contributed by atoms with Gasteiger partial charge >= 0.3 is 0 Å². The highest BCUT2D eigenvalue weighted by Gasteiger charge is 2.13. The van der Waals surface area contributed by atoms with Gasteiger partial charge in [0.05, 0.1) is 7.11 Å². The maximum atomic E-state index is 6.18. The van der Waals surface area contributed by atoms with Crippen molar-refractivity contribution < 1.29 is 4.74 Å². The fraction of sp³-hybridized carbons (Fsp3) is 0.0556. The zero-order valence-electron chi connectivity index (χ0n) is 13.0. The Bertz CT molecular complexity index is 1010. The Morgan fingerprint density at radius 1 is 1.04 bits per heavy atom. The van der Waals surface area contributed by atoms with Gasteiger partial charge in [-0.15, -0.1) is 5.10 Å². The van der Waals surface area contributed by atoms with Crippen molar-refractivity contribution in [2.24, 2.45) is 0 Å². The third kappa shape index (κ3) is 2.34. The van der Waals surface area contributed by atoms with Gasteiger partial charge in [0.15, 0.2) is 5.65 Å². The zero-order valence-corrected chi connectivity index (χ0v) is 13.0. The number of nitrogens with zero attached hydrogens (tertiary/aromatic N) is 4. The van der Waals surface area contributed by atoms with Gasteiger partial charge in [0.25, 0.3) is 0 Å². The van der Waals surface area contributed by atoms with Gasteiger partial charge in [-0.1, -0.05) is 24.3 Å². The van der Waals surface area contributed by atoms with Crippen LogP contribution in [0.25, 0.3) is 28.3 Å². The summed E-state index contributed by atoms with van der Waals surface area (Å²) >= 11 is 0. The lowest BCUT2D eigenvalue weighted by Crippen LogP contribution is -1.99. The minimum Gasteiger partial charge on any atom is -0.496 e. The van der Waals surface area contributed by atoms with Gasteiger partial charge in [-0.25, -0.2) is 4.98 Å². The predicted octanol–water partition coefficient (Wildman–Crippen LogP) is 3.05. The van der Waals surface area contributed by atoms with E-state index in [1.54, 1.807) is 17.8 Å². The Morgan fingerprint density at radius 3 is 2.67 bits per heavy atom. The highest BCUT2D eigenvalue weighted by atomic mass is 16.5. The Hall–Kier alpha value is -3.41. The molecule has 24 heavy (non-hydrogen) atoms. The number of pyridine rings is 2. The Labute approximate surface area is 138 Å². The van der Waals surface area contributed by atoms with Gasteiger partial charge < -0.3 is 10.5 Å². The second kappa shape index (κ2) is 5.66. The topological polar surface area (TPSA) is 78.3 Å². The molecule has 0 unspecified atom stereocenters. The first-order valence-electron chi connectivity index (χ1n) is 7.47. The number of benzene rings is 1. The minimum absolute atomic E-state index is 0.503. The zero-order chi connectivity index (χ0) is 16.5. The molecular formula is C18H15N5O. The summed E-state index contributed by atoms with van der Waals surface area (Å²) in [6, 6.07) is 17.2. The Kier molecular flexibility index (Phi) is 3.35. The van der Waals surface area contributed by atoms with Crippen molar-refractivity contribution in [3.8, 4) is 28.4 Å². The molecule has 1 aromatic carbocycles. The number of anilines is 1. The number of nitrogens with two attached hydrogens (primary N) is 1. The Balaban J connectivity index is 1.88. The number of nitrogen functional groups attached to an aromatic ring is 1. The molecule has 3 heterocycles. The van der Waals surface area contributed by atoms with Crippen molar-refractivity contribution in [1.82, 2.24) is 19.6 Å². The van der Waals surface area contributed by atoms with Gasteiger partial charge in [0.2, 0.25) is 5.82 Å². The van der Waals surface area contributed by atoms with Crippen molar-refractivity contribution >= 4 is 11.5 Å². The standard InChI is InChI=1S/C18H15N5O/c1-24-15-8-3-2-6-13(15)12-10-16(19)23-17(11-12)21-18(22-23)14-7-4-5-9-20-14/h2-11H,19H2,1H3. The van der Waals surface area contributed by atoms with E-state index in [1.807, 2.05) is 54.6 Å². The summed E-state index contributed by atoms with van der Waals surface area (Å²) in [4.78, 5) is 8.84. The molecule has 4 aromatic rings. The SMILES string of the molecule is COc1ccccc1-c1cc(N)n2nc(-c3ccccn3)nc2c1. The van der Waals surface area contributed by atoms with Gasteiger partial charge in [-0.3, -0.25) is 4.98 Å². The van der Waals surface area contributed by atoms with E-state index in [1.165, 1.54) is 0 Å². The van der Waals surface area contributed by atoms with E-state index in [4.69, 9.17) is 10.5 Å². The van der Waals surface area contributed by atoms with Gasteiger partial charge in [-0.05, 0) is 35.9 Å².